The summed E-state index contributed by atoms with van der Waals surface area (Å²) in [5.41, 5.74) is 0.324. The molecule has 2 fully saturated rings. The van der Waals surface area contributed by atoms with Crippen LogP contribution in [0.15, 0.2) is 24.3 Å². The molecule has 1 N–H and O–H groups in total. The van der Waals surface area contributed by atoms with Gasteiger partial charge in [0.05, 0.1) is 5.02 Å². The molecule has 3 heteroatoms. The molecule has 1 aromatic carbocycles. The summed E-state index contributed by atoms with van der Waals surface area (Å²) in [6, 6.07) is 8.45. The van der Waals surface area contributed by atoms with Crippen molar-refractivity contribution < 1.29 is 4.74 Å². The summed E-state index contributed by atoms with van der Waals surface area (Å²) in [4.78, 5) is 0. The highest BCUT2D eigenvalue weighted by Gasteiger charge is 2.55. The predicted octanol–water partition coefficient (Wildman–Crippen LogP) is 4.42. The molecular formula is C17H24ClNO. The summed E-state index contributed by atoms with van der Waals surface area (Å²) in [5.74, 6) is 0.845. The van der Waals surface area contributed by atoms with Crippen LogP contribution in [0.1, 0.15) is 44.9 Å². The van der Waals surface area contributed by atoms with Gasteiger partial charge in [-0.3, -0.25) is 0 Å². The summed E-state index contributed by atoms with van der Waals surface area (Å²) in [5, 5.41) is 4.23. The van der Waals surface area contributed by atoms with Gasteiger partial charge in [0.2, 0.25) is 0 Å². The molecule has 0 aromatic heterocycles. The molecule has 0 bridgehead atoms. The number of benzene rings is 1. The lowest BCUT2D eigenvalue weighted by Gasteiger charge is -2.55. The molecule has 1 aromatic rings. The zero-order chi connectivity index (χ0) is 14.0. The number of para-hydroxylation sites is 1. The van der Waals surface area contributed by atoms with E-state index < -0.39 is 0 Å². The molecule has 3 rings (SSSR count). The maximum Gasteiger partial charge on any atom is 0.138 e. The first kappa shape index (κ1) is 14.2. The second-order valence-electron chi connectivity index (χ2n) is 6.26. The minimum absolute atomic E-state index is 0.318. The average molecular weight is 294 g/mol. The summed E-state index contributed by atoms with van der Waals surface area (Å²) in [6.45, 7) is 0. The predicted molar refractivity (Wildman–Crippen MR) is 83.5 cm³/mol. The van der Waals surface area contributed by atoms with Crippen molar-refractivity contribution in [2.75, 3.05) is 7.05 Å². The van der Waals surface area contributed by atoms with Crippen LogP contribution in [0.2, 0.25) is 5.02 Å². The average Bonchev–Trinajstić information content (AvgIpc) is 2.72. The molecule has 0 aliphatic heterocycles. The maximum absolute atomic E-state index is 6.29. The molecule has 20 heavy (non-hydrogen) atoms. The van der Waals surface area contributed by atoms with Crippen LogP contribution in [0, 0.1) is 5.41 Å². The van der Waals surface area contributed by atoms with Gasteiger partial charge in [-0.05, 0) is 32.0 Å². The highest BCUT2D eigenvalue weighted by molar-refractivity contribution is 6.32. The molecule has 0 radical (unpaired) electrons. The largest absolute Gasteiger partial charge is 0.488 e. The van der Waals surface area contributed by atoms with Crippen molar-refractivity contribution in [1.82, 2.24) is 5.32 Å². The van der Waals surface area contributed by atoms with Crippen LogP contribution in [-0.2, 0) is 0 Å². The Morgan fingerprint density at radius 3 is 2.50 bits per heavy atom. The van der Waals surface area contributed by atoms with Crippen LogP contribution >= 0.6 is 11.6 Å². The lowest BCUT2D eigenvalue weighted by atomic mass is 9.58. The van der Waals surface area contributed by atoms with Crippen LogP contribution in [0.25, 0.3) is 0 Å². The Kier molecular flexibility index (Phi) is 4.23. The topological polar surface area (TPSA) is 21.3 Å². The third-order valence-electron chi connectivity index (χ3n) is 5.27. The standard InChI is InChI=1S/C17H24ClNO/c1-19-15-12-16(17(15)10-6-2-3-7-11-17)20-14-9-5-4-8-13(14)18/h4-5,8-9,15-16,19H,2-3,6-7,10-12H2,1H3. The highest BCUT2D eigenvalue weighted by atomic mass is 35.5. The Morgan fingerprint density at radius 1 is 1.15 bits per heavy atom. The molecule has 2 aliphatic carbocycles. The van der Waals surface area contributed by atoms with E-state index in [9.17, 15) is 0 Å². The fourth-order valence-corrected chi connectivity index (χ4v) is 4.25. The molecule has 2 saturated carbocycles. The molecular weight excluding hydrogens is 270 g/mol. The Morgan fingerprint density at radius 2 is 1.85 bits per heavy atom. The van der Waals surface area contributed by atoms with Crippen LogP contribution in [-0.4, -0.2) is 19.2 Å². The lowest BCUT2D eigenvalue weighted by molar-refractivity contribution is -0.0881. The van der Waals surface area contributed by atoms with Crippen LogP contribution in [0.3, 0.4) is 0 Å². The maximum atomic E-state index is 6.29. The third-order valence-corrected chi connectivity index (χ3v) is 5.59. The molecule has 2 atom stereocenters. The zero-order valence-electron chi connectivity index (χ0n) is 12.2. The van der Waals surface area contributed by atoms with E-state index in [2.05, 4.69) is 12.4 Å². The Hall–Kier alpha value is -0.730. The van der Waals surface area contributed by atoms with Gasteiger partial charge in [0.1, 0.15) is 11.9 Å². The van der Waals surface area contributed by atoms with Gasteiger partial charge in [-0.1, -0.05) is 49.4 Å². The van der Waals surface area contributed by atoms with E-state index >= 15 is 0 Å². The van der Waals surface area contributed by atoms with E-state index in [0.29, 0.717) is 17.6 Å². The fourth-order valence-electron chi connectivity index (χ4n) is 4.07. The summed E-state index contributed by atoms with van der Waals surface area (Å²) in [7, 11) is 2.09. The van der Waals surface area contributed by atoms with Crippen molar-refractivity contribution >= 4 is 11.6 Å². The first-order valence-corrected chi connectivity index (χ1v) is 8.22. The number of ether oxygens (including phenoxy) is 1. The second kappa shape index (κ2) is 5.95. The lowest BCUT2D eigenvalue weighted by Crippen LogP contribution is -2.64. The van der Waals surface area contributed by atoms with Crippen molar-refractivity contribution in [1.29, 1.82) is 0 Å². The van der Waals surface area contributed by atoms with Crippen LogP contribution < -0.4 is 10.1 Å². The number of nitrogens with one attached hydrogen (secondary N) is 1. The molecule has 2 unspecified atom stereocenters. The van der Waals surface area contributed by atoms with E-state index in [1.165, 1.54) is 38.5 Å². The number of halogens is 1. The van der Waals surface area contributed by atoms with Gasteiger partial charge in [0.25, 0.3) is 0 Å². The van der Waals surface area contributed by atoms with Crippen LogP contribution in [0.5, 0.6) is 5.75 Å². The van der Waals surface area contributed by atoms with Gasteiger partial charge in [0.15, 0.2) is 0 Å². The Balaban J connectivity index is 1.77. The molecule has 1 spiro atoms. The van der Waals surface area contributed by atoms with Gasteiger partial charge in [-0.2, -0.15) is 0 Å². The second-order valence-corrected chi connectivity index (χ2v) is 6.67. The molecule has 0 saturated heterocycles. The Labute approximate surface area is 126 Å². The van der Waals surface area contributed by atoms with E-state index in [1.807, 2.05) is 24.3 Å². The number of hydrogen-bond acceptors (Lipinski definition) is 2. The van der Waals surface area contributed by atoms with Crippen molar-refractivity contribution in [3.05, 3.63) is 29.3 Å². The minimum Gasteiger partial charge on any atom is -0.488 e. The Bertz CT molecular complexity index is 454. The number of hydrogen-bond donors (Lipinski definition) is 1. The quantitative estimate of drug-likeness (QED) is 0.891. The third kappa shape index (κ3) is 2.44. The van der Waals surface area contributed by atoms with Gasteiger partial charge in [-0.25, -0.2) is 0 Å². The van der Waals surface area contributed by atoms with Crippen molar-refractivity contribution in [3.63, 3.8) is 0 Å². The molecule has 2 nitrogen and oxygen atoms in total. The first-order valence-electron chi connectivity index (χ1n) is 7.85. The number of rotatable bonds is 3. The van der Waals surface area contributed by atoms with Crippen molar-refractivity contribution in [2.45, 2.75) is 57.1 Å². The van der Waals surface area contributed by atoms with E-state index in [0.717, 1.165) is 17.2 Å². The van der Waals surface area contributed by atoms with E-state index in [4.69, 9.17) is 16.3 Å². The van der Waals surface area contributed by atoms with E-state index in [-0.39, 0.29) is 0 Å². The molecule has 0 amide bonds. The molecule has 2 aliphatic rings. The van der Waals surface area contributed by atoms with Gasteiger partial charge >= 0.3 is 0 Å². The fraction of sp³-hybridized carbons (Fsp3) is 0.647. The normalized spacial score (nSPS) is 28.7. The van der Waals surface area contributed by atoms with E-state index in [1.54, 1.807) is 0 Å². The van der Waals surface area contributed by atoms with Crippen molar-refractivity contribution in [2.24, 2.45) is 5.41 Å². The summed E-state index contributed by atoms with van der Waals surface area (Å²) in [6.07, 6.45) is 9.40. The monoisotopic (exact) mass is 293 g/mol. The first-order chi connectivity index (χ1) is 9.76. The molecule has 110 valence electrons. The van der Waals surface area contributed by atoms with Gasteiger partial charge in [-0.15, -0.1) is 0 Å². The SMILES string of the molecule is CNC1CC(Oc2ccccc2Cl)C12CCCCCC2. The zero-order valence-corrected chi connectivity index (χ0v) is 13.0. The minimum atomic E-state index is 0.318. The van der Waals surface area contributed by atoms with Crippen LogP contribution in [0.4, 0.5) is 0 Å². The smallest absolute Gasteiger partial charge is 0.138 e. The summed E-state index contributed by atoms with van der Waals surface area (Å²) < 4.78 is 6.29. The van der Waals surface area contributed by atoms with Gasteiger partial charge < -0.3 is 10.1 Å². The summed E-state index contributed by atoms with van der Waals surface area (Å²) >= 11 is 6.24. The highest BCUT2D eigenvalue weighted by Crippen LogP contribution is 2.52. The van der Waals surface area contributed by atoms with Crippen molar-refractivity contribution in [3.8, 4) is 5.75 Å². The van der Waals surface area contributed by atoms with Gasteiger partial charge in [0, 0.05) is 17.9 Å². The molecule has 0 heterocycles.